The van der Waals surface area contributed by atoms with Crippen LogP contribution in [-0.2, 0) is 4.43 Å². The van der Waals surface area contributed by atoms with E-state index in [2.05, 4.69) is 62.0 Å². The SMILES string of the molecule is CC(C)(C)[Si](C)(C)OCC1=CC=CCN1c1nccs1. The molecular formula is C15H24N2OSSi. The Morgan fingerprint density at radius 1 is 1.40 bits per heavy atom. The van der Waals surface area contributed by atoms with Gasteiger partial charge in [0.2, 0.25) is 0 Å². The lowest BCUT2D eigenvalue weighted by molar-refractivity contribution is 0.315. The number of hydrogen-bond donors (Lipinski definition) is 0. The lowest BCUT2D eigenvalue weighted by Gasteiger charge is -2.37. The summed E-state index contributed by atoms with van der Waals surface area (Å²) in [4.78, 5) is 6.64. The van der Waals surface area contributed by atoms with Crippen molar-refractivity contribution in [3.63, 3.8) is 0 Å². The van der Waals surface area contributed by atoms with Gasteiger partial charge in [-0.3, -0.25) is 0 Å². The third-order valence-electron chi connectivity index (χ3n) is 4.10. The van der Waals surface area contributed by atoms with Crippen LogP contribution >= 0.6 is 11.3 Å². The van der Waals surface area contributed by atoms with Crippen LogP contribution in [0.5, 0.6) is 0 Å². The van der Waals surface area contributed by atoms with Gasteiger partial charge in [0.25, 0.3) is 0 Å². The highest BCUT2D eigenvalue weighted by molar-refractivity contribution is 7.13. The van der Waals surface area contributed by atoms with Crippen molar-refractivity contribution in [3.8, 4) is 0 Å². The highest BCUT2D eigenvalue weighted by Crippen LogP contribution is 2.37. The molecule has 0 radical (unpaired) electrons. The van der Waals surface area contributed by atoms with Crippen LogP contribution in [-0.4, -0.2) is 26.5 Å². The zero-order chi connectivity index (χ0) is 14.8. The molecule has 2 heterocycles. The number of hydrogen-bond acceptors (Lipinski definition) is 4. The van der Waals surface area contributed by atoms with E-state index < -0.39 is 8.32 Å². The normalized spacial score (nSPS) is 16.4. The molecule has 3 nitrogen and oxygen atoms in total. The van der Waals surface area contributed by atoms with Crippen molar-refractivity contribution in [2.45, 2.75) is 38.9 Å². The molecule has 0 atom stereocenters. The fourth-order valence-electron chi connectivity index (χ4n) is 1.70. The first-order valence-corrected chi connectivity index (χ1v) is 10.8. The zero-order valence-electron chi connectivity index (χ0n) is 13.0. The highest BCUT2D eigenvalue weighted by Gasteiger charge is 2.37. The molecule has 0 saturated heterocycles. The number of aromatic nitrogens is 1. The van der Waals surface area contributed by atoms with Gasteiger partial charge >= 0.3 is 0 Å². The van der Waals surface area contributed by atoms with Crippen LogP contribution < -0.4 is 4.90 Å². The Morgan fingerprint density at radius 2 is 2.15 bits per heavy atom. The van der Waals surface area contributed by atoms with Crippen LogP contribution in [0.4, 0.5) is 5.13 Å². The summed E-state index contributed by atoms with van der Waals surface area (Å²) in [7, 11) is -1.71. The van der Waals surface area contributed by atoms with Crippen molar-refractivity contribution in [1.29, 1.82) is 0 Å². The van der Waals surface area contributed by atoms with Gasteiger partial charge in [-0.15, -0.1) is 11.3 Å². The van der Waals surface area contributed by atoms with E-state index >= 15 is 0 Å². The molecule has 20 heavy (non-hydrogen) atoms. The Hall–Kier alpha value is -0.913. The largest absolute Gasteiger partial charge is 0.411 e. The van der Waals surface area contributed by atoms with E-state index in [1.54, 1.807) is 11.3 Å². The summed E-state index contributed by atoms with van der Waals surface area (Å²) < 4.78 is 6.33. The minimum absolute atomic E-state index is 0.240. The summed E-state index contributed by atoms with van der Waals surface area (Å²) in [5, 5.41) is 3.30. The van der Waals surface area contributed by atoms with Gasteiger partial charge in [0, 0.05) is 23.8 Å². The predicted molar refractivity (Wildman–Crippen MR) is 89.8 cm³/mol. The third-order valence-corrected chi connectivity index (χ3v) is 9.37. The first kappa shape index (κ1) is 15.5. The average molecular weight is 309 g/mol. The van der Waals surface area contributed by atoms with Crippen LogP contribution in [0.15, 0.2) is 35.5 Å². The monoisotopic (exact) mass is 308 g/mol. The second-order valence-electron chi connectivity index (χ2n) is 6.56. The molecule has 0 aromatic carbocycles. The summed E-state index contributed by atoms with van der Waals surface area (Å²) in [5.41, 5.74) is 1.20. The summed E-state index contributed by atoms with van der Waals surface area (Å²) in [6.45, 7) is 12.9. The molecular weight excluding hydrogens is 284 g/mol. The van der Waals surface area contributed by atoms with Gasteiger partial charge in [-0.2, -0.15) is 0 Å². The van der Waals surface area contributed by atoms with E-state index in [0.717, 1.165) is 11.7 Å². The number of thiazole rings is 1. The minimum Gasteiger partial charge on any atom is -0.411 e. The van der Waals surface area contributed by atoms with E-state index in [4.69, 9.17) is 4.43 Å². The van der Waals surface area contributed by atoms with Gasteiger partial charge in [0.15, 0.2) is 13.4 Å². The van der Waals surface area contributed by atoms with E-state index in [-0.39, 0.29) is 5.04 Å². The summed E-state index contributed by atoms with van der Waals surface area (Å²) >= 11 is 1.67. The molecule has 0 fully saturated rings. The molecule has 1 aliphatic rings. The average Bonchev–Trinajstić information content (AvgIpc) is 2.89. The maximum atomic E-state index is 6.33. The van der Waals surface area contributed by atoms with E-state index in [1.165, 1.54) is 5.70 Å². The maximum absolute atomic E-state index is 6.33. The molecule has 0 amide bonds. The smallest absolute Gasteiger partial charge is 0.192 e. The minimum atomic E-state index is -1.71. The van der Waals surface area contributed by atoms with Gasteiger partial charge in [-0.1, -0.05) is 32.9 Å². The zero-order valence-corrected chi connectivity index (χ0v) is 14.8. The molecule has 0 N–H and O–H groups in total. The Labute approximate surface area is 127 Å². The van der Waals surface area contributed by atoms with Gasteiger partial charge < -0.3 is 9.33 Å². The quantitative estimate of drug-likeness (QED) is 0.770. The number of nitrogens with zero attached hydrogens (tertiary/aromatic N) is 2. The van der Waals surface area contributed by atoms with Crippen molar-refractivity contribution in [2.75, 3.05) is 18.1 Å². The third kappa shape index (κ3) is 3.40. The molecule has 0 spiro atoms. The molecule has 1 aliphatic heterocycles. The van der Waals surface area contributed by atoms with Crippen LogP contribution in [0.25, 0.3) is 0 Å². The summed E-state index contributed by atoms with van der Waals surface area (Å²) in [6.07, 6.45) is 8.24. The molecule has 0 aliphatic carbocycles. The molecule has 0 saturated carbocycles. The van der Waals surface area contributed by atoms with Crippen LogP contribution in [0.3, 0.4) is 0 Å². The summed E-state index contributed by atoms with van der Waals surface area (Å²) in [6, 6.07) is 0. The highest BCUT2D eigenvalue weighted by atomic mass is 32.1. The fourth-order valence-corrected chi connectivity index (χ4v) is 3.33. The Bertz CT molecular complexity index is 500. The molecule has 0 bridgehead atoms. The number of rotatable bonds is 4. The van der Waals surface area contributed by atoms with Crippen molar-refractivity contribution >= 4 is 24.8 Å². The van der Waals surface area contributed by atoms with Crippen LogP contribution in [0.2, 0.25) is 18.1 Å². The second-order valence-corrected chi connectivity index (χ2v) is 12.2. The number of allylic oxidation sites excluding steroid dienone is 2. The van der Waals surface area contributed by atoms with E-state index in [1.807, 2.05) is 11.6 Å². The lowest BCUT2D eigenvalue weighted by Crippen LogP contribution is -2.42. The molecule has 5 heteroatoms. The first-order valence-electron chi connectivity index (χ1n) is 6.98. The molecule has 1 aromatic rings. The first-order chi connectivity index (χ1) is 9.31. The van der Waals surface area contributed by atoms with Gasteiger partial charge in [-0.05, 0) is 24.2 Å². The Morgan fingerprint density at radius 3 is 2.75 bits per heavy atom. The van der Waals surface area contributed by atoms with Crippen LogP contribution in [0.1, 0.15) is 20.8 Å². The molecule has 0 unspecified atom stereocenters. The van der Waals surface area contributed by atoms with Gasteiger partial charge in [0.05, 0.1) is 6.61 Å². The Kier molecular flexibility index (Phi) is 4.51. The van der Waals surface area contributed by atoms with Crippen LogP contribution in [0, 0.1) is 0 Å². The van der Waals surface area contributed by atoms with Crippen molar-refractivity contribution in [2.24, 2.45) is 0 Å². The van der Waals surface area contributed by atoms with E-state index in [9.17, 15) is 0 Å². The van der Waals surface area contributed by atoms with Crippen molar-refractivity contribution < 1.29 is 4.43 Å². The fraction of sp³-hybridized carbons (Fsp3) is 0.533. The number of anilines is 1. The second kappa shape index (κ2) is 5.83. The van der Waals surface area contributed by atoms with Gasteiger partial charge in [-0.25, -0.2) is 4.98 Å². The maximum Gasteiger partial charge on any atom is 0.192 e. The standard InChI is InChI=1S/C15H24N2OSSi/c1-15(2,3)20(4,5)18-12-13-8-6-7-10-17(13)14-16-9-11-19-14/h6-9,11H,10,12H2,1-5H3. The van der Waals surface area contributed by atoms with Crippen molar-refractivity contribution in [1.82, 2.24) is 4.98 Å². The predicted octanol–water partition coefficient (Wildman–Crippen LogP) is 4.43. The summed E-state index contributed by atoms with van der Waals surface area (Å²) in [5.74, 6) is 0. The topological polar surface area (TPSA) is 25.4 Å². The molecule has 110 valence electrons. The van der Waals surface area contributed by atoms with E-state index in [0.29, 0.717) is 6.61 Å². The molecule has 1 aromatic heterocycles. The van der Waals surface area contributed by atoms with Gasteiger partial charge in [0.1, 0.15) is 0 Å². The Balaban J connectivity index is 2.07. The lowest BCUT2D eigenvalue weighted by atomic mass is 10.2. The molecule has 2 rings (SSSR count). The van der Waals surface area contributed by atoms with Crippen molar-refractivity contribution in [3.05, 3.63) is 35.5 Å².